The fourth-order valence-corrected chi connectivity index (χ4v) is 4.84. The molecular formula is C28H16FNO2. The van der Waals surface area contributed by atoms with Gasteiger partial charge in [0.2, 0.25) is 0 Å². The van der Waals surface area contributed by atoms with Crippen molar-refractivity contribution in [3.05, 3.63) is 90.4 Å². The normalized spacial score (nSPS) is 12.1. The molecule has 0 aliphatic rings. The van der Waals surface area contributed by atoms with Crippen LogP contribution in [0.15, 0.2) is 87.8 Å². The number of hydrogen-bond acceptors (Lipinski definition) is 3. The molecule has 3 aromatic heterocycles. The summed E-state index contributed by atoms with van der Waals surface area (Å²) >= 11 is 0. The highest BCUT2D eigenvalue weighted by Gasteiger charge is 2.20. The number of rotatable bonds is 1. The summed E-state index contributed by atoms with van der Waals surface area (Å²) in [6.45, 7) is 2.05. The molecule has 0 N–H and O–H groups in total. The number of fused-ring (bicyclic) bond motifs is 8. The van der Waals surface area contributed by atoms with E-state index in [0.29, 0.717) is 22.0 Å². The van der Waals surface area contributed by atoms with Gasteiger partial charge in [-0.3, -0.25) is 4.98 Å². The molecule has 0 aliphatic heterocycles. The van der Waals surface area contributed by atoms with Gasteiger partial charge < -0.3 is 8.83 Å². The van der Waals surface area contributed by atoms with Crippen molar-refractivity contribution in [1.82, 2.24) is 4.98 Å². The number of pyridine rings is 1. The maximum absolute atomic E-state index is 15.2. The van der Waals surface area contributed by atoms with Crippen molar-refractivity contribution in [2.24, 2.45) is 0 Å². The topological polar surface area (TPSA) is 39.2 Å². The lowest BCUT2D eigenvalue weighted by Crippen LogP contribution is -1.91. The van der Waals surface area contributed by atoms with Gasteiger partial charge >= 0.3 is 0 Å². The first kappa shape index (κ1) is 17.5. The zero-order valence-electron chi connectivity index (χ0n) is 17.1. The van der Waals surface area contributed by atoms with Crippen LogP contribution in [0, 0.1) is 12.7 Å². The Balaban J connectivity index is 1.63. The average Bonchev–Trinajstić information content (AvgIpc) is 3.37. The van der Waals surface area contributed by atoms with Crippen molar-refractivity contribution in [3.63, 3.8) is 0 Å². The van der Waals surface area contributed by atoms with Crippen LogP contribution in [-0.4, -0.2) is 4.98 Å². The van der Waals surface area contributed by atoms with Crippen molar-refractivity contribution >= 4 is 54.6 Å². The zero-order chi connectivity index (χ0) is 21.4. The Morgan fingerprint density at radius 1 is 0.688 bits per heavy atom. The molecule has 0 amide bonds. The summed E-state index contributed by atoms with van der Waals surface area (Å²) in [4.78, 5) is 4.52. The second-order valence-corrected chi connectivity index (χ2v) is 8.21. The molecule has 3 nitrogen and oxygen atoms in total. The molecule has 0 aliphatic carbocycles. The summed E-state index contributed by atoms with van der Waals surface area (Å²) in [5.74, 6) is -0.401. The van der Waals surface area contributed by atoms with Gasteiger partial charge in [0.05, 0.1) is 17.3 Å². The molecule has 32 heavy (non-hydrogen) atoms. The molecule has 0 saturated heterocycles. The second-order valence-electron chi connectivity index (χ2n) is 8.21. The standard InChI is InChI=1S/C28H16FNO2/c1-15-12-20-17-7-3-5-9-24(17)31-27(20)21(13-15)26-19-11-10-18-16-6-2-4-8-23(16)32-28(18)25(19)22(29)14-30-26/h2-14H,1H3. The van der Waals surface area contributed by atoms with Gasteiger partial charge in [-0.2, -0.15) is 0 Å². The van der Waals surface area contributed by atoms with E-state index >= 15 is 4.39 Å². The summed E-state index contributed by atoms with van der Waals surface area (Å²) in [6.07, 6.45) is 1.28. The Morgan fingerprint density at radius 2 is 1.34 bits per heavy atom. The summed E-state index contributed by atoms with van der Waals surface area (Å²) < 4.78 is 27.5. The van der Waals surface area contributed by atoms with Gasteiger partial charge in [0.25, 0.3) is 0 Å². The number of aromatic nitrogens is 1. The predicted octanol–water partition coefficient (Wildman–Crippen LogP) is 8.15. The molecule has 0 bridgehead atoms. The molecule has 7 rings (SSSR count). The van der Waals surface area contributed by atoms with E-state index in [1.807, 2.05) is 67.6 Å². The van der Waals surface area contributed by atoms with E-state index in [9.17, 15) is 0 Å². The van der Waals surface area contributed by atoms with Crippen LogP contribution in [0.2, 0.25) is 0 Å². The highest BCUT2D eigenvalue weighted by molar-refractivity contribution is 6.18. The number of nitrogens with zero attached hydrogens (tertiary/aromatic N) is 1. The van der Waals surface area contributed by atoms with E-state index in [4.69, 9.17) is 8.83 Å². The van der Waals surface area contributed by atoms with Gasteiger partial charge in [-0.05, 0) is 42.8 Å². The van der Waals surface area contributed by atoms with Crippen molar-refractivity contribution in [3.8, 4) is 11.3 Å². The van der Waals surface area contributed by atoms with Crippen LogP contribution in [0.1, 0.15) is 5.56 Å². The Labute approximate surface area is 181 Å². The minimum atomic E-state index is -0.401. The number of furan rings is 2. The smallest absolute Gasteiger partial charge is 0.153 e. The number of halogens is 1. The van der Waals surface area contributed by atoms with E-state index in [1.165, 1.54) is 6.20 Å². The van der Waals surface area contributed by atoms with E-state index in [2.05, 4.69) is 17.1 Å². The lowest BCUT2D eigenvalue weighted by molar-refractivity contribution is 0.628. The quantitative estimate of drug-likeness (QED) is 0.270. The summed E-state index contributed by atoms with van der Waals surface area (Å²) in [5.41, 5.74) is 5.46. The van der Waals surface area contributed by atoms with Crippen LogP contribution in [0.4, 0.5) is 4.39 Å². The highest BCUT2D eigenvalue weighted by atomic mass is 19.1. The van der Waals surface area contributed by atoms with Gasteiger partial charge in [-0.15, -0.1) is 0 Å². The second kappa shape index (κ2) is 6.17. The molecule has 0 saturated carbocycles. The van der Waals surface area contributed by atoms with Gasteiger partial charge in [0.1, 0.15) is 22.3 Å². The molecule has 3 heterocycles. The van der Waals surface area contributed by atoms with Gasteiger partial charge in [-0.25, -0.2) is 4.39 Å². The van der Waals surface area contributed by atoms with Crippen molar-refractivity contribution < 1.29 is 13.2 Å². The summed E-state index contributed by atoms with van der Waals surface area (Å²) in [5, 5.41) is 5.08. The van der Waals surface area contributed by atoms with Crippen LogP contribution in [-0.2, 0) is 0 Å². The monoisotopic (exact) mass is 417 g/mol. The van der Waals surface area contributed by atoms with Crippen molar-refractivity contribution in [1.29, 1.82) is 0 Å². The predicted molar refractivity (Wildman–Crippen MR) is 126 cm³/mol. The first-order valence-corrected chi connectivity index (χ1v) is 10.5. The van der Waals surface area contributed by atoms with Crippen LogP contribution in [0.25, 0.3) is 65.9 Å². The molecule has 0 spiro atoms. The molecule has 0 unspecified atom stereocenters. The maximum atomic E-state index is 15.2. The van der Waals surface area contributed by atoms with E-state index in [-0.39, 0.29) is 0 Å². The van der Waals surface area contributed by atoms with Crippen LogP contribution in [0.5, 0.6) is 0 Å². The average molecular weight is 417 g/mol. The molecule has 0 atom stereocenters. The first-order valence-electron chi connectivity index (χ1n) is 10.5. The van der Waals surface area contributed by atoms with Crippen LogP contribution < -0.4 is 0 Å². The van der Waals surface area contributed by atoms with Crippen LogP contribution in [0.3, 0.4) is 0 Å². The first-order chi connectivity index (χ1) is 15.7. The maximum Gasteiger partial charge on any atom is 0.153 e. The number of benzene rings is 4. The molecule has 0 radical (unpaired) electrons. The third-order valence-corrected chi connectivity index (χ3v) is 6.23. The van der Waals surface area contributed by atoms with Gasteiger partial charge in [0, 0.05) is 32.5 Å². The molecule has 4 aromatic carbocycles. The fraction of sp³-hybridized carbons (Fsp3) is 0.0357. The molecule has 0 fully saturated rings. The van der Waals surface area contributed by atoms with E-state index in [1.54, 1.807) is 0 Å². The minimum absolute atomic E-state index is 0.401. The summed E-state index contributed by atoms with van der Waals surface area (Å²) in [6, 6.07) is 23.8. The molecule has 7 aromatic rings. The number of hydrogen-bond donors (Lipinski definition) is 0. The Morgan fingerprint density at radius 3 is 2.12 bits per heavy atom. The third-order valence-electron chi connectivity index (χ3n) is 6.23. The largest absolute Gasteiger partial charge is 0.455 e. The zero-order valence-corrected chi connectivity index (χ0v) is 17.1. The minimum Gasteiger partial charge on any atom is -0.455 e. The van der Waals surface area contributed by atoms with Gasteiger partial charge in [-0.1, -0.05) is 42.5 Å². The molecular weight excluding hydrogens is 401 g/mol. The van der Waals surface area contributed by atoms with E-state index in [0.717, 1.165) is 49.4 Å². The lowest BCUT2D eigenvalue weighted by Gasteiger charge is -2.09. The van der Waals surface area contributed by atoms with Crippen molar-refractivity contribution in [2.75, 3.05) is 0 Å². The third kappa shape index (κ3) is 2.26. The molecule has 4 heteroatoms. The number of para-hydroxylation sites is 2. The van der Waals surface area contributed by atoms with Gasteiger partial charge in [0.15, 0.2) is 5.82 Å². The lowest BCUT2D eigenvalue weighted by atomic mass is 9.98. The highest BCUT2D eigenvalue weighted by Crippen LogP contribution is 2.41. The van der Waals surface area contributed by atoms with Crippen molar-refractivity contribution in [2.45, 2.75) is 6.92 Å². The van der Waals surface area contributed by atoms with Crippen LogP contribution >= 0.6 is 0 Å². The Kier molecular flexibility index (Phi) is 3.37. The summed E-state index contributed by atoms with van der Waals surface area (Å²) in [7, 11) is 0. The van der Waals surface area contributed by atoms with E-state index < -0.39 is 5.82 Å². The Bertz CT molecular complexity index is 1860. The fourth-order valence-electron chi connectivity index (χ4n) is 4.84. The SMILES string of the molecule is Cc1cc(-c2ncc(F)c3c2ccc2c4ccccc4oc23)c2oc3ccccc3c2c1. The molecule has 152 valence electrons. The number of aryl methyl sites for hydroxylation is 1. The Hall–Kier alpha value is -4.18.